The minimum Gasteiger partial charge on any atom is -0.493 e. The molecule has 11 heteroatoms. The SMILES string of the molecule is CC(C(=O)O)[C@@H]1COc2cc(N(C(=O)C(F)(F)F)[C@@H]3COc4c(Nc5ccc(C#N)cc5)cccc43)ccc21. The Kier molecular flexibility index (Phi) is 6.56. The average molecular weight is 537 g/mol. The lowest BCUT2D eigenvalue weighted by Crippen LogP contribution is -2.44. The van der Waals surface area contributed by atoms with Gasteiger partial charge in [0.15, 0.2) is 0 Å². The molecule has 0 radical (unpaired) electrons. The first kappa shape index (κ1) is 25.9. The third-order valence-electron chi connectivity index (χ3n) is 6.94. The maximum absolute atomic E-state index is 13.8. The normalized spacial score (nSPS) is 18.1. The Morgan fingerprint density at radius 3 is 2.49 bits per heavy atom. The summed E-state index contributed by atoms with van der Waals surface area (Å²) in [7, 11) is 0. The van der Waals surface area contributed by atoms with Gasteiger partial charge in [0.25, 0.3) is 0 Å². The van der Waals surface area contributed by atoms with Gasteiger partial charge in [-0.05, 0) is 36.4 Å². The molecule has 0 spiro atoms. The molecule has 2 aliphatic rings. The Bertz CT molecular complexity index is 1480. The largest absolute Gasteiger partial charge is 0.493 e. The van der Waals surface area contributed by atoms with E-state index < -0.39 is 35.9 Å². The lowest BCUT2D eigenvalue weighted by molar-refractivity contribution is -0.171. The minimum absolute atomic E-state index is 0.0494. The first-order valence-electron chi connectivity index (χ1n) is 12.0. The van der Waals surface area contributed by atoms with Gasteiger partial charge in [-0.1, -0.05) is 25.1 Å². The molecule has 0 aliphatic carbocycles. The number of carboxylic acids is 1. The number of ether oxygens (including phenoxy) is 2. The quantitative estimate of drug-likeness (QED) is 0.425. The van der Waals surface area contributed by atoms with Crippen LogP contribution in [-0.2, 0) is 9.59 Å². The highest BCUT2D eigenvalue weighted by molar-refractivity contribution is 5.98. The predicted molar refractivity (Wildman–Crippen MR) is 134 cm³/mol. The molecule has 200 valence electrons. The molecular formula is C28H22F3N3O5. The van der Waals surface area contributed by atoms with Gasteiger partial charge in [0, 0.05) is 34.5 Å². The van der Waals surface area contributed by atoms with E-state index in [1.165, 1.54) is 25.1 Å². The average Bonchev–Trinajstić information content (AvgIpc) is 3.53. The van der Waals surface area contributed by atoms with Crippen molar-refractivity contribution in [3.8, 4) is 17.6 Å². The number of alkyl halides is 3. The van der Waals surface area contributed by atoms with Crippen molar-refractivity contribution in [2.75, 3.05) is 23.4 Å². The van der Waals surface area contributed by atoms with Gasteiger partial charge in [-0.15, -0.1) is 0 Å². The number of para-hydroxylation sites is 1. The van der Waals surface area contributed by atoms with Crippen molar-refractivity contribution in [2.24, 2.45) is 5.92 Å². The molecule has 5 rings (SSSR count). The highest BCUT2D eigenvalue weighted by Gasteiger charge is 2.48. The highest BCUT2D eigenvalue weighted by atomic mass is 19.4. The molecule has 0 fully saturated rings. The minimum atomic E-state index is -5.17. The molecule has 0 saturated heterocycles. The number of nitriles is 1. The zero-order valence-corrected chi connectivity index (χ0v) is 20.5. The third-order valence-corrected chi connectivity index (χ3v) is 6.94. The summed E-state index contributed by atoms with van der Waals surface area (Å²) in [6.07, 6.45) is -5.17. The number of anilines is 3. The van der Waals surface area contributed by atoms with Crippen LogP contribution >= 0.6 is 0 Å². The number of carbonyl (C=O) groups is 2. The molecule has 2 N–H and O–H groups in total. The van der Waals surface area contributed by atoms with Crippen molar-refractivity contribution >= 4 is 28.9 Å². The summed E-state index contributed by atoms with van der Waals surface area (Å²) in [5.74, 6) is -3.77. The predicted octanol–water partition coefficient (Wildman–Crippen LogP) is 5.53. The van der Waals surface area contributed by atoms with Gasteiger partial charge in [0.1, 0.15) is 18.1 Å². The van der Waals surface area contributed by atoms with Gasteiger partial charge >= 0.3 is 18.1 Å². The number of hydrogen-bond acceptors (Lipinski definition) is 6. The van der Waals surface area contributed by atoms with Crippen LogP contribution in [-0.4, -0.2) is 36.4 Å². The molecule has 0 bridgehead atoms. The molecule has 8 nitrogen and oxygen atoms in total. The van der Waals surface area contributed by atoms with Crippen LogP contribution in [0.3, 0.4) is 0 Å². The fraction of sp³-hybridized carbons (Fsp3) is 0.250. The van der Waals surface area contributed by atoms with Crippen molar-refractivity contribution in [1.29, 1.82) is 5.26 Å². The Balaban J connectivity index is 1.50. The summed E-state index contributed by atoms with van der Waals surface area (Å²) < 4.78 is 52.9. The van der Waals surface area contributed by atoms with Gasteiger partial charge in [-0.3, -0.25) is 14.5 Å². The fourth-order valence-corrected chi connectivity index (χ4v) is 4.86. The Morgan fingerprint density at radius 2 is 1.82 bits per heavy atom. The zero-order valence-electron chi connectivity index (χ0n) is 20.5. The molecule has 0 saturated carbocycles. The van der Waals surface area contributed by atoms with Gasteiger partial charge in [-0.2, -0.15) is 18.4 Å². The Hall–Kier alpha value is -4.72. The Morgan fingerprint density at radius 1 is 1.08 bits per heavy atom. The van der Waals surface area contributed by atoms with Gasteiger partial charge in [0.05, 0.1) is 35.9 Å². The summed E-state index contributed by atoms with van der Waals surface area (Å²) in [6, 6.07) is 16.7. The van der Waals surface area contributed by atoms with Crippen LogP contribution in [0.1, 0.15) is 35.6 Å². The summed E-state index contributed by atoms with van der Waals surface area (Å²) >= 11 is 0. The van der Waals surface area contributed by atoms with E-state index in [0.29, 0.717) is 38.7 Å². The third kappa shape index (κ3) is 4.81. The lowest BCUT2D eigenvalue weighted by Gasteiger charge is -2.29. The molecular weight excluding hydrogens is 515 g/mol. The summed E-state index contributed by atoms with van der Waals surface area (Å²) in [4.78, 5) is 24.9. The maximum Gasteiger partial charge on any atom is 0.471 e. The lowest BCUT2D eigenvalue weighted by atomic mass is 9.89. The number of rotatable bonds is 6. The standard InChI is InChI=1S/C28H22F3N3O5/c1-15(26(35)36)21-13-38-24-11-18(9-10-19(21)24)34(27(37)28(29,30)31)23-14-39-25-20(23)3-2-4-22(25)33-17-7-5-16(12-32)6-8-17/h2-11,15,21,23,33H,13-14H2,1H3,(H,35,36)/t15?,21-,23+/m0/s1. The van der Waals surface area contributed by atoms with Crippen LogP contribution in [0.5, 0.6) is 11.5 Å². The van der Waals surface area contributed by atoms with E-state index in [0.717, 1.165) is 0 Å². The number of aliphatic carboxylic acids is 1. The molecule has 0 aromatic heterocycles. The molecule has 3 aromatic rings. The van der Waals surface area contributed by atoms with Crippen LogP contribution in [0.25, 0.3) is 0 Å². The molecule has 1 unspecified atom stereocenters. The number of nitrogens with zero attached hydrogens (tertiary/aromatic N) is 2. The van der Waals surface area contributed by atoms with Crippen molar-refractivity contribution in [3.63, 3.8) is 0 Å². The highest BCUT2D eigenvalue weighted by Crippen LogP contribution is 2.47. The smallest absolute Gasteiger partial charge is 0.471 e. The van der Waals surface area contributed by atoms with Crippen LogP contribution in [0.15, 0.2) is 60.7 Å². The number of nitrogens with one attached hydrogen (secondary N) is 1. The van der Waals surface area contributed by atoms with E-state index in [4.69, 9.17) is 14.7 Å². The molecule has 2 heterocycles. The summed E-state index contributed by atoms with van der Waals surface area (Å²) in [5.41, 5.74) is 2.49. The second-order valence-electron chi connectivity index (χ2n) is 9.30. The Labute approximate surface area is 221 Å². The number of carboxylic acid groups (broad SMARTS) is 1. The van der Waals surface area contributed by atoms with E-state index in [2.05, 4.69) is 5.32 Å². The number of fused-ring (bicyclic) bond motifs is 2. The maximum atomic E-state index is 13.8. The fourth-order valence-electron chi connectivity index (χ4n) is 4.86. The van der Waals surface area contributed by atoms with E-state index in [1.807, 2.05) is 6.07 Å². The van der Waals surface area contributed by atoms with E-state index in [-0.39, 0.29) is 24.7 Å². The van der Waals surface area contributed by atoms with Crippen molar-refractivity contribution in [2.45, 2.75) is 25.1 Å². The van der Waals surface area contributed by atoms with Crippen molar-refractivity contribution < 1.29 is 37.3 Å². The van der Waals surface area contributed by atoms with E-state index >= 15 is 0 Å². The molecule has 3 aromatic carbocycles. The van der Waals surface area contributed by atoms with Crippen LogP contribution in [0, 0.1) is 17.2 Å². The van der Waals surface area contributed by atoms with Crippen molar-refractivity contribution in [1.82, 2.24) is 0 Å². The second kappa shape index (κ2) is 9.87. The first-order chi connectivity index (χ1) is 18.6. The number of benzene rings is 3. The topological polar surface area (TPSA) is 112 Å². The van der Waals surface area contributed by atoms with Gasteiger partial charge in [0.2, 0.25) is 0 Å². The number of amides is 1. The van der Waals surface area contributed by atoms with Crippen molar-refractivity contribution in [3.05, 3.63) is 77.4 Å². The molecule has 1 amide bonds. The summed E-state index contributed by atoms with van der Waals surface area (Å²) in [5, 5.41) is 21.5. The number of halogens is 3. The van der Waals surface area contributed by atoms with Gasteiger partial charge < -0.3 is 19.9 Å². The molecule has 39 heavy (non-hydrogen) atoms. The second-order valence-corrected chi connectivity index (χ2v) is 9.30. The molecule has 3 atom stereocenters. The van der Waals surface area contributed by atoms with Crippen LogP contribution in [0.2, 0.25) is 0 Å². The monoisotopic (exact) mass is 537 g/mol. The summed E-state index contributed by atoms with van der Waals surface area (Å²) in [6.45, 7) is 1.38. The first-order valence-corrected chi connectivity index (χ1v) is 12.0. The van der Waals surface area contributed by atoms with E-state index in [1.54, 1.807) is 42.5 Å². The zero-order chi connectivity index (χ0) is 27.9. The molecule has 2 aliphatic heterocycles. The van der Waals surface area contributed by atoms with E-state index in [9.17, 15) is 27.9 Å². The van der Waals surface area contributed by atoms with Gasteiger partial charge in [-0.25, -0.2) is 0 Å². The van der Waals surface area contributed by atoms with Crippen LogP contribution < -0.4 is 19.7 Å². The number of hydrogen-bond donors (Lipinski definition) is 2. The number of carbonyl (C=O) groups excluding carboxylic acids is 1. The van der Waals surface area contributed by atoms with Crippen LogP contribution in [0.4, 0.5) is 30.2 Å².